The Balaban J connectivity index is 1.63. The van der Waals surface area contributed by atoms with Crippen molar-refractivity contribution in [3.63, 3.8) is 0 Å². The van der Waals surface area contributed by atoms with E-state index in [1.54, 1.807) is 31.4 Å². The van der Waals surface area contributed by atoms with Gasteiger partial charge >= 0.3 is 0 Å². The largest absolute Gasteiger partial charge is 0.493 e. The maximum absolute atomic E-state index is 12.6. The molecule has 0 unspecified atom stereocenters. The van der Waals surface area contributed by atoms with Crippen LogP contribution in [0.3, 0.4) is 0 Å². The average molecular weight is 470 g/mol. The van der Waals surface area contributed by atoms with Crippen LogP contribution in [0.2, 0.25) is 0 Å². The van der Waals surface area contributed by atoms with Gasteiger partial charge in [-0.3, -0.25) is 14.5 Å². The van der Waals surface area contributed by atoms with E-state index < -0.39 is 0 Å². The number of nitrogens with one attached hydrogen (secondary N) is 2. The minimum atomic E-state index is -0.282. The topological polar surface area (TPSA) is 89.1 Å². The second-order valence-corrected chi connectivity index (χ2v) is 7.79. The van der Waals surface area contributed by atoms with E-state index in [9.17, 15) is 9.59 Å². The Morgan fingerprint density at radius 3 is 2.61 bits per heavy atom. The summed E-state index contributed by atoms with van der Waals surface area (Å²) in [6.07, 6.45) is 2.38. The lowest BCUT2D eigenvalue weighted by atomic mass is 10.1. The predicted octanol–water partition coefficient (Wildman–Crippen LogP) is 3.12. The van der Waals surface area contributed by atoms with Gasteiger partial charge < -0.3 is 24.8 Å². The number of hydrogen-bond donors (Lipinski definition) is 2. The summed E-state index contributed by atoms with van der Waals surface area (Å²) >= 11 is 5.27. The molecule has 0 aliphatic carbocycles. The van der Waals surface area contributed by atoms with Crippen molar-refractivity contribution in [3.05, 3.63) is 59.3 Å². The molecule has 1 aliphatic rings. The smallest absolute Gasteiger partial charge is 0.276 e. The molecule has 1 saturated heterocycles. The van der Waals surface area contributed by atoms with Gasteiger partial charge in [0.1, 0.15) is 5.70 Å². The quantitative estimate of drug-likeness (QED) is 0.314. The maximum atomic E-state index is 12.6. The zero-order valence-corrected chi connectivity index (χ0v) is 19.7. The summed E-state index contributed by atoms with van der Waals surface area (Å²) in [4.78, 5) is 26.4. The standard InChI is InChI=1S/C24H27N3O5S/c1-16-5-8-18(9-6-16)25-22(28)15-32-20-10-7-17(14-21(20)31-3)13-19-23(29)27(24(33)26-19)11-4-12-30-2/h5-10,13-14H,4,11-12,15H2,1-3H3,(H,25,28)(H,26,33)/b19-13+. The van der Waals surface area contributed by atoms with Crippen LogP contribution in [0.5, 0.6) is 11.5 Å². The molecule has 2 N–H and O–H groups in total. The second-order valence-electron chi connectivity index (χ2n) is 7.40. The summed E-state index contributed by atoms with van der Waals surface area (Å²) < 4.78 is 16.1. The van der Waals surface area contributed by atoms with Crippen LogP contribution in [0.25, 0.3) is 6.08 Å². The highest BCUT2D eigenvalue weighted by atomic mass is 32.1. The predicted molar refractivity (Wildman–Crippen MR) is 130 cm³/mol. The van der Waals surface area contributed by atoms with E-state index >= 15 is 0 Å². The SMILES string of the molecule is COCCCN1C(=O)/C(=C\c2ccc(OCC(=O)Nc3ccc(C)cc3)c(OC)c2)NC1=S. The number of rotatable bonds is 10. The molecular formula is C24H27N3O5S. The van der Waals surface area contributed by atoms with E-state index in [0.29, 0.717) is 47.6 Å². The molecule has 3 rings (SSSR count). The van der Waals surface area contributed by atoms with Crippen LogP contribution in [-0.2, 0) is 14.3 Å². The summed E-state index contributed by atoms with van der Waals surface area (Å²) in [6, 6.07) is 12.7. The zero-order valence-electron chi connectivity index (χ0n) is 18.8. The van der Waals surface area contributed by atoms with Gasteiger partial charge in [0.05, 0.1) is 7.11 Å². The summed E-state index contributed by atoms with van der Waals surface area (Å²) in [5.41, 5.74) is 2.91. The van der Waals surface area contributed by atoms with E-state index in [4.69, 9.17) is 26.4 Å². The van der Waals surface area contributed by atoms with Crippen molar-refractivity contribution in [3.8, 4) is 11.5 Å². The number of aryl methyl sites for hydroxylation is 1. The summed E-state index contributed by atoms with van der Waals surface area (Å²) in [5, 5.41) is 6.10. The third-order valence-corrected chi connectivity index (χ3v) is 5.21. The summed E-state index contributed by atoms with van der Waals surface area (Å²) in [7, 11) is 3.13. The average Bonchev–Trinajstić information content (AvgIpc) is 3.07. The van der Waals surface area contributed by atoms with Gasteiger partial charge in [0, 0.05) is 25.9 Å². The van der Waals surface area contributed by atoms with Gasteiger partial charge in [0.25, 0.3) is 11.8 Å². The molecule has 174 valence electrons. The Bertz CT molecular complexity index is 1050. The Kier molecular flexibility index (Phi) is 8.39. The highest BCUT2D eigenvalue weighted by Crippen LogP contribution is 2.29. The number of benzene rings is 2. The fourth-order valence-corrected chi connectivity index (χ4v) is 3.46. The molecule has 1 fully saturated rings. The molecule has 0 saturated carbocycles. The van der Waals surface area contributed by atoms with Gasteiger partial charge in [0.2, 0.25) is 0 Å². The van der Waals surface area contributed by atoms with Crippen molar-refractivity contribution in [1.29, 1.82) is 0 Å². The minimum absolute atomic E-state index is 0.171. The normalized spacial score (nSPS) is 14.4. The second kappa shape index (κ2) is 11.4. The van der Waals surface area contributed by atoms with Gasteiger partial charge in [-0.1, -0.05) is 23.8 Å². The van der Waals surface area contributed by atoms with Crippen molar-refractivity contribution in [2.24, 2.45) is 0 Å². The van der Waals surface area contributed by atoms with E-state index in [0.717, 1.165) is 11.1 Å². The summed E-state index contributed by atoms with van der Waals surface area (Å²) in [6.45, 7) is 2.84. The first-order chi connectivity index (χ1) is 15.9. The molecule has 1 heterocycles. The van der Waals surface area contributed by atoms with Crippen LogP contribution in [0.1, 0.15) is 17.5 Å². The molecule has 2 aromatic carbocycles. The molecular weight excluding hydrogens is 442 g/mol. The lowest BCUT2D eigenvalue weighted by molar-refractivity contribution is -0.122. The Morgan fingerprint density at radius 2 is 1.91 bits per heavy atom. The highest BCUT2D eigenvalue weighted by Gasteiger charge is 2.30. The van der Waals surface area contributed by atoms with Crippen molar-refractivity contribution in [2.45, 2.75) is 13.3 Å². The van der Waals surface area contributed by atoms with E-state index in [2.05, 4.69) is 10.6 Å². The fourth-order valence-electron chi connectivity index (χ4n) is 3.18. The third-order valence-electron chi connectivity index (χ3n) is 4.89. The number of carbonyl (C=O) groups is 2. The van der Waals surface area contributed by atoms with Crippen molar-refractivity contribution in [2.75, 3.05) is 39.3 Å². The molecule has 0 spiro atoms. The third kappa shape index (κ3) is 6.53. The molecule has 9 heteroatoms. The number of hydrogen-bond acceptors (Lipinski definition) is 6. The molecule has 0 atom stereocenters. The summed E-state index contributed by atoms with van der Waals surface area (Å²) in [5.74, 6) is 0.386. The number of amides is 2. The van der Waals surface area contributed by atoms with Crippen LogP contribution in [0.15, 0.2) is 48.2 Å². The molecule has 8 nitrogen and oxygen atoms in total. The van der Waals surface area contributed by atoms with Crippen LogP contribution < -0.4 is 20.1 Å². The van der Waals surface area contributed by atoms with Crippen LogP contribution in [-0.4, -0.2) is 55.8 Å². The molecule has 2 aromatic rings. The van der Waals surface area contributed by atoms with Crippen LogP contribution >= 0.6 is 12.2 Å². The molecule has 2 amide bonds. The van der Waals surface area contributed by atoms with Crippen LogP contribution in [0.4, 0.5) is 5.69 Å². The maximum Gasteiger partial charge on any atom is 0.276 e. The molecule has 0 bridgehead atoms. The lowest BCUT2D eigenvalue weighted by Crippen LogP contribution is -2.32. The Morgan fingerprint density at radius 1 is 1.15 bits per heavy atom. The minimum Gasteiger partial charge on any atom is -0.493 e. The monoisotopic (exact) mass is 469 g/mol. The Hall–Kier alpha value is -3.43. The first kappa shape index (κ1) is 24.2. The van der Waals surface area contributed by atoms with Crippen LogP contribution in [0, 0.1) is 6.92 Å². The fraction of sp³-hybridized carbons (Fsp3) is 0.292. The number of thiocarbonyl (C=S) groups is 1. The van der Waals surface area contributed by atoms with Gasteiger partial charge in [-0.05, 0) is 61.5 Å². The Labute approximate surface area is 198 Å². The van der Waals surface area contributed by atoms with Gasteiger partial charge in [0.15, 0.2) is 23.2 Å². The highest BCUT2D eigenvalue weighted by molar-refractivity contribution is 7.80. The first-order valence-electron chi connectivity index (χ1n) is 10.4. The van der Waals surface area contributed by atoms with Crippen molar-refractivity contribution >= 4 is 40.9 Å². The number of anilines is 1. The number of methoxy groups -OCH3 is 2. The van der Waals surface area contributed by atoms with Gasteiger partial charge in [-0.2, -0.15) is 0 Å². The molecule has 0 aromatic heterocycles. The van der Waals surface area contributed by atoms with Gasteiger partial charge in [-0.25, -0.2) is 0 Å². The zero-order chi connectivity index (χ0) is 23.8. The lowest BCUT2D eigenvalue weighted by Gasteiger charge is -2.13. The molecule has 0 radical (unpaired) electrons. The first-order valence-corrected chi connectivity index (χ1v) is 10.8. The van der Waals surface area contributed by atoms with Gasteiger partial charge in [-0.15, -0.1) is 0 Å². The number of carbonyl (C=O) groups excluding carboxylic acids is 2. The molecule has 1 aliphatic heterocycles. The van der Waals surface area contributed by atoms with Crippen molar-refractivity contribution in [1.82, 2.24) is 10.2 Å². The molecule has 33 heavy (non-hydrogen) atoms. The number of ether oxygens (including phenoxy) is 3. The number of nitrogens with zero attached hydrogens (tertiary/aromatic N) is 1. The van der Waals surface area contributed by atoms with E-state index in [1.165, 1.54) is 12.0 Å². The van der Waals surface area contributed by atoms with Crippen molar-refractivity contribution < 1.29 is 23.8 Å². The van der Waals surface area contributed by atoms with E-state index in [1.807, 2.05) is 31.2 Å². The van der Waals surface area contributed by atoms with E-state index in [-0.39, 0.29) is 18.4 Å².